The molecule has 0 spiro atoms. The number of para-hydroxylation sites is 2. The molecule has 0 radical (unpaired) electrons. The molecule has 0 saturated carbocycles. The van der Waals surface area contributed by atoms with Crippen LogP contribution in [-0.2, 0) is 24.0 Å². The Balaban J connectivity index is 2.15. The van der Waals surface area contributed by atoms with Gasteiger partial charge in [0.2, 0.25) is 11.8 Å². The standard InChI is InChI=1S/C24H23Cl2N5O7/c1-12(33)29-10-18(28-23(37)14-7-16(25)22(27)17(26)8-14)24(38)31(20-6-4-3-5-19(20)29)30(13(2)34)15(11-32)9-21(35)36/h3-8,11,15,18H,9-10,27H2,1-2H3,(H,28,37)(H,35,36)/t15-,18-/m0/s1. The van der Waals surface area contributed by atoms with Crippen molar-refractivity contribution in [3.05, 3.63) is 52.0 Å². The lowest BCUT2D eigenvalue weighted by Gasteiger charge is -2.38. The van der Waals surface area contributed by atoms with Crippen LogP contribution in [-0.4, -0.2) is 64.6 Å². The predicted molar refractivity (Wildman–Crippen MR) is 139 cm³/mol. The maximum absolute atomic E-state index is 13.9. The second-order valence-corrected chi connectivity index (χ2v) is 9.13. The molecular formula is C24H23Cl2N5O7. The number of hydrazine groups is 1. The topological polar surface area (TPSA) is 170 Å². The number of rotatable bonds is 7. The van der Waals surface area contributed by atoms with Crippen LogP contribution in [0.1, 0.15) is 30.6 Å². The quantitative estimate of drug-likeness (QED) is 0.338. The van der Waals surface area contributed by atoms with Crippen LogP contribution < -0.4 is 21.0 Å². The van der Waals surface area contributed by atoms with Crippen LogP contribution in [0, 0.1) is 0 Å². The molecule has 1 aliphatic rings. The van der Waals surface area contributed by atoms with Gasteiger partial charge in [-0.25, -0.2) is 10.0 Å². The first-order chi connectivity index (χ1) is 17.9. The molecule has 2 atom stereocenters. The molecule has 2 aromatic rings. The fourth-order valence-electron chi connectivity index (χ4n) is 3.98. The molecule has 1 aliphatic heterocycles. The molecule has 4 amide bonds. The van der Waals surface area contributed by atoms with Gasteiger partial charge in [-0.05, 0) is 24.3 Å². The molecule has 2 aromatic carbocycles. The fourth-order valence-corrected chi connectivity index (χ4v) is 4.46. The van der Waals surface area contributed by atoms with E-state index in [0.29, 0.717) is 5.01 Å². The monoisotopic (exact) mass is 563 g/mol. The van der Waals surface area contributed by atoms with Crippen LogP contribution in [0.3, 0.4) is 0 Å². The zero-order valence-electron chi connectivity index (χ0n) is 20.2. The Kier molecular flexibility index (Phi) is 8.59. The summed E-state index contributed by atoms with van der Waals surface area (Å²) in [7, 11) is 0. The van der Waals surface area contributed by atoms with Crippen LogP contribution >= 0.6 is 23.2 Å². The highest BCUT2D eigenvalue weighted by atomic mass is 35.5. The van der Waals surface area contributed by atoms with E-state index in [1.807, 2.05) is 0 Å². The van der Waals surface area contributed by atoms with Crippen molar-refractivity contribution < 1.29 is 33.9 Å². The third kappa shape index (κ3) is 5.71. The number of benzene rings is 2. The average Bonchev–Trinajstić information content (AvgIpc) is 2.96. The highest BCUT2D eigenvalue weighted by Crippen LogP contribution is 2.35. The summed E-state index contributed by atoms with van der Waals surface area (Å²) in [5, 5.41) is 13.3. The summed E-state index contributed by atoms with van der Waals surface area (Å²) in [5.74, 6) is -4.42. The highest BCUT2D eigenvalue weighted by Gasteiger charge is 2.42. The molecule has 0 aromatic heterocycles. The van der Waals surface area contributed by atoms with Crippen molar-refractivity contribution in [3.63, 3.8) is 0 Å². The summed E-state index contributed by atoms with van der Waals surface area (Å²) in [5.41, 5.74) is 5.95. The van der Waals surface area contributed by atoms with Gasteiger partial charge < -0.3 is 25.9 Å². The smallest absolute Gasteiger partial charge is 0.305 e. The van der Waals surface area contributed by atoms with Gasteiger partial charge in [-0.1, -0.05) is 35.3 Å². The number of nitrogens with two attached hydrogens (primary N) is 1. The average molecular weight is 564 g/mol. The van der Waals surface area contributed by atoms with Gasteiger partial charge >= 0.3 is 5.97 Å². The van der Waals surface area contributed by atoms with Crippen LogP contribution in [0.4, 0.5) is 17.1 Å². The number of hydrogen-bond donors (Lipinski definition) is 3. The number of nitrogen functional groups attached to an aromatic ring is 1. The van der Waals surface area contributed by atoms with E-state index in [9.17, 15) is 33.9 Å². The third-order valence-corrected chi connectivity index (χ3v) is 6.32. The van der Waals surface area contributed by atoms with Gasteiger partial charge in [0.1, 0.15) is 18.4 Å². The predicted octanol–water partition coefficient (Wildman–Crippen LogP) is 1.88. The van der Waals surface area contributed by atoms with Crippen molar-refractivity contribution in [2.24, 2.45) is 0 Å². The number of aliphatic carboxylic acids is 1. The largest absolute Gasteiger partial charge is 0.481 e. The Morgan fingerprint density at radius 2 is 1.74 bits per heavy atom. The normalized spacial score (nSPS) is 15.7. The van der Waals surface area contributed by atoms with Gasteiger partial charge in [0.25, 0.3) is 11.8 Å². The van der Waals surface area contributed by atoms with Crippen LogP contribution in [0.2, 0.25) is 10.0 Å². The molecule has 0 saturated heterocycles. The SMILES string of the molecule is CC(=O)N1C[C@H](NC(=O)c2cc(Cl)c(N)c(Cl)c2)C(=O)N(N(C(C)=O)[C@H](C=O)CC(=O)O)c2ccccc21. The van der Waals surface area contributed by atoms with Gasteiger partial charge in [0.05, 0.1) is 40.1 Å². The zero-order chi connectivity index (χ0) is 28.3. The number of anilines is 3. The number of carboxylic acids is 1. The molecule has 12 nitrogen and oxygen atoms in total. The Bertz CT molecular complexity index is 1310. The molecule has 200 valence electrons. The summed E-state index contributed by atoms with van der Waals surface area (Å²) < 4.78 is 0. The van der Waals surface area contributed by atoms with Crippen molar-refractivity contribution in [1.82, 2.24) is 10.3 Å². The number of amides is 4. The van der Waals surface area contributed by atoms with E-state index in [2.05, 4.69) is 5.32 Å². The minimum atomic E-state index is -1.57. The number of carboxylic acid groups (broad SMARTS) is 1. The lowest BCUT2D eigenvalue weighted by atomic mass is 10.1. The first kappa shape index (κ1) is 28.4. The molecule has 4 N–H and O–H groups in total. The number of hydrogen-bond acceptors (Lipinski definition) is 7. The van der Waals surface area contributed by atoms with E-state index in [4.69, 9.17) is 28.9 Å². The first-order valence-corrected chi connectivity index (χ1v) is 11.9. The number of carbonyl (C=O) groups is 6. The minimum absolute atomic E-state index is 0.000475. The Morgan fingerprint density at radius 1 is 1.16 bits per heavy atom. The second kappa shape index (κ2) is 11.5. The third-order valence-electron chi connectivity index (χ3n) is 5.69. The van der Waals surface area contributed by atoms with Gasteiger partial charge in [0, 0.05) is 19.4 Å². The lowest BCUT2D eigenvalue weighted by Crippen LogP contribution is -2.60. The summed E-state index contributed by atoms with van der Waals surface area (Å²) in [6.07, 6.45) is -0.573. The van der Waals surface area contributed by atoms with Crippen molar-refractivity contribution in [1.29, 1.82) is 0 Å². The summed E-state index contributed by atoms with van der Waals surface area (Å²) in [4.78, 5) is 76.9. The summed E-state index contributed by atoms with van der Waals surface area (Å²) >= 11 is 12.1. The number of nitrogens with zero attached hydrogens (tertiary/aromatic N) is 3. The summed E-state index contributed by atoms with van der Waals surface area (Å²) in [6, 6.07) is 5.50. The molecule has 38 heavy (non-hydrogen) atoms. The number of carbonyl (C=O) groups excluding carboxylic acids is 5. The number of fused-ring (bicyclic) bond motifs is 1. The Morgan fingerprint density at radius 3 is 2.24 bits per heavy atom. The molecule has 14 heteroatoms. The maximum Gasteiger partial charge on any atom is 0.305 e. The fraction of sp³-hybridized carbons (Fsp3) is 0.250. The molecule has 0 bridgehead atoms. The maximum atomic E-state index is 13.9. The van der Waals surface area contributed by atoms with Crippen LogP contribution in [0.15, 0.2) is 36.4 Å². The molecule has 1 heterocycles. The van der Waals surface area contributed by atoms with E-state index >= 15 is 0 Å². The van der Waals surface area contributed by atoms with E-state index in [1.165, 1.54) is 42.2 Å². The van der Waals surface area contributed by atoms with Crippen molar-refractivity contribution >= 4 is 76.1 Å². The first-order valence-electron chi connectivity index (χ1n) is 11.1. The molecule has 0 fully saturated rings. The molecule has 0 aliphatic carbocycles. The minimum Gasteiger partial charge on any atom is -0.481 e. The summed E-state index contributed by atoms with van der Waals surface area (Å²) in [6.45, 7) is 1.95. The van der Waals surface area contributed by atoms with Gasteiger partial charge in [-0.15, -0.1) is 0 Å². The van der Waals surface area contributed by atoms with Crippen molar-refractivity contribution in [2.45, 2.75) is 32.4 Å². The molecule has 3 rings (SSSR count). The van der Waals surface area contributed by atoms with E-state index in [-0.39, 0.29) is 45.5 Å². The van der Waals surface area contributed by atoms with E-state index < -0.39 is 48.1 Å². The Labute approximate surface area is 226 Å². The second-order valence-electron chi connectivity index (χ2n) is 8.31. The zero-order valence-corrected chi connectivity index (χ0v) is 21.7. The Hall–Kier alpha value is -4.16. The lowest BCUT2D eigenvalue weighted by molar-refractivity contribution is -0.145. The van der Waals surface area contributed by atoms with Gasteiger partial charge in [-0.3, -0.25) is 24.0 Å². The highest BCUT2D eigenvalue weighted by molar-refractivity contribution is 6.39. The van der Waals surface area contributed by atoms with Crippen molar-refractivity contribution in [3.8, 4) is 0 Å². The number of aldehydes is 1. The van der Waals surface area contributed by atoms with Gasteiger partial charge in [-0.2, -0.15) is 0 Å². The van der Waals surface area contributed by atoms with Crippen molar-refractivity contribution in [2.75, 3.05) is 22.2 Å². The van der Waals surface area contributed by atoms with E-state index in [1.54, 1.807) is 6.07 Å². The van der Waals surface area contributed by atoms with Crippen LogP contribution in [0.5, 0.6) is 0 Å². The van der Waals surface area contributed by atoms with Gasteiger partial charge in [0.15, 0.2) is 0 Å². The van der Waals surface area contributed by atoms with Crippen LogP contribution in [0.25, 0.3) is 0 Å². The number of halogens is 2. The number of nitrogens with one attached hydrogen (secondary N) is 1. The van der Waals surface area contributed by atoms with E-state index in [0.717, 1.165) is 11.9 Å². The molecule has 0 unspecified atom stereocenters. The molecular weight excluding hydrogens is 541 g/mol.